The summed E-state index contributed by atoms with van der Waals surface area (Å²) in [6, 6.07) is 31.9. The van der Waals surface area contributed by atoms with Crippen LogP contribution in [0, 0.1) is 12.8 Å². The number of amides is 2. The monoisotopic (exact) mass is 504 g/mol. The molecule has 188 valence electrons. The van der Waals surface area contributed by atoms with E-state index in [9.17, 15) is 14.4 Å². The van der Waals surface area contributed by atoms with Crippen LogP contribution in [0.3, 0.4) is 0 Å². The van der Waals surface area contributed by atoms with E-state index < -0.39 is 24.0 Å². The highest BCUT2D eigenvalue weighted by Crippen LogP contribution is 2.48. The largest absolute Gasteiger partial charge is 0.423 e. The molecule has 0 N–H and O–H groups in total. The SMILES string of the molecule is Cc1ccccc1N1C(=O)[C@H]2[C@@H](c3ccc(OC(=O)c4ccccc4)cc3)N(c3ccccc3)O[C@H]2C1=O. The van der Waals surface area contributed by atoms with Crippen molar-refractivity contribution in [1.29, 1.82) is 0 Å². The standard InChI is InChI=1S/C31H24N2O5/c1-20-10-8-9-15-25(20)32-29(34)26-27(33(38-28(26)30(32)35)23-13-6-3-7-14-23)21-16-18-24(19-17-21)37-31(36)22-11-4-2-5-12-22/h2-19,26-28H,1H3/t26-,27+,28+/m0/s1. The fourth-order valence-corrected chi connectivity index (χ4v) is 5.08. The maximum Gasteiger partial charge on any atom is 0.343 e. The quantitative estimate of drug-likeness (QED) is 0.210. The van der Waals surface area contributed by atoms with Gasteiger partial charge in [0, 0.05) is 0 Å². The van der Waals surface area contributed by atoms with Crippen molar-refractivity contribution in [3.63, 3.8) is 0 Å². The lowest BCUT2D eigenvalue weighted by Crippen LogP contribution is -2.37. The zero-order valence-electron chi connectivity index (χ0n) is 20.6. The average Bonchev–Trinajstić information content (AvgIpc) is 3.46. The maximum absolute atomic E-state index is 13.8. The zero-order valence-corrected chi connectivity index (χ0v) is 20.6. The first-order valence-electron chi connectivity index (χ1n) is 12.3. The highest BCUT2D eigenvalue weighted by atomic mass is 16.7. The Hall–Kier alpha value is -4.75. The van der Waals surface area contributed by atoms with Gasteiger partial charge in [-0.1, -0.05) is 66.7 Å². The molecule has 2 heterocycles. The molecule has 7 heteroatoms. The number of carbonyl (C=O) groups excluding carboxylic acids is 3. The lowest BCUT2D eigenvalue weighted by molar-refractivity contribution is -0.126. The Kier molecular flexibility index (Phi) is 5.98. The molecule has 4 aromatic carbocycles. The number of fused-ring (bicyclic) bond motifs is 1. The van der Waals surface area contributed by atoms with Crippen LogP contribution in [0.25, 0.3) is 0 Å². The van der Waals surface area contributed by atoms with Crippen LogP contribution in [-0.4, -0.2) is 23.9 Å². The molecular formula is C31H24N2O5. The third-order valence-electron chi connectivity index (χ3n) is 6.92. The lowest BCUT2D eigenvalue weighted by Gasteiger charge is -2.29. The van der Waals surface area contributed by atoms with E-state index in [2.05, 4.69) is 0 Å². The van der Waals surface area contributed by atoms with Crippen LogP contribution in [0.15, 0.2) is 109 Å². The molecule has 0 spiro atoms. The van der Waals surface area contributed by atoms with E-state index >= 15 is 0 Å². The Morgan fingerprint density at radius 1 is 0.763 bits per heavy atom. The Morgan fingerprint density at radius 3 is 2.08 bits per heavy atom. The molecule has 2 amide bonds. The number of para-hydroxylation sites is 2. The molecule has 0 bridgehead atoms. The molecular weight excluding hydrogens is 480 g/mol. The number of esters is 1. The van der Waals surface area contributed by atoms with Crippen molar-refractivity contribution in [2.45, 2.75) is 19.1 Å². The summed E-state index contributed by atoms with van der Waals surface area (Å²) in [6.07, 6.45) is -0.956. The fourth-order valence-electron chi connectivity index (χ4n) is 5.08. The molecule has 38 heavy (non-hydrogen) atoms. The molecule has 0 saturated carbocycles. The van der Waals surface area contributed by atoms with Gasteiger partial charge in [0.25, 0.3) is 5.91 Å². The summed E-state index contributed by atoms with van der Waals surface area (Å²) in [7, 11) is 0. The molecule has 0 aliphatic carbocycles. The number of ether oxygens (including phenoxy) is 1. The number of rotatable bonds is 5. The second kappa shape index (κ2) is 9.61. The van der Waals surface area contributed by atoms with Crippen LogP contribution in [-0.2, 0) is 14.4 Å². The molecule has 0 radical (unpaired) electrons. The minimum Gasteiger partial charge on any atom is -0.423 e. The summed E-state index contributed by atoms with van der Waals surface area (Å²) < 4.78 is 5.53. The van der Waals surface area contributed by atoms with Crippen molar-refractivity contribution in [2.24, 2.45) is 5.92 Å². The zero-order chi connectivity index (χ0) is 26.2. The topological polar surface area (TPSA) is 76.2 Å². The van der Waals surface area contributed by atoms with E-state index in [0.717, 1.165) is 16.8 Å². The Morgan fingerprint density at radius 2 is 1.39 bits per heavy atom. The van der Waals surface area contributed by atoms with Crippen LogP contribution >= 0.6 is 0 Å². The number of aryl methyl sites for hydroxylation is 1. The first-order chi connectivity index (χ1) is 18.5. The molecule has 0 aromatic heterocycles. The molecule has 2 aliphatic heterocycles. The Balaban J connectivity index is 1.34. The molecule has 4 aromatic rings. The van der Waals surface area contributed by atoms with Crippen molar-refractivity contribution >= 4 is 29.2 Å². The van der Waals surface area contributed by atoms with Gasteiger partial charge in [-0.05, 0) is 60.5 Å². The van der Waals surface area contributed by atoms with Crippen molar-refractivity contribution in [3.8, 4) is 5.75 Å². The Bertz CT molecular complexity index is 1500. The van der Waals surface area contributed by atoms with Gasteiger partial charge < -0.3 is 4.74 Å². The average molecular weight is 505 g/mol. The number of hydroxylamine groups is 1. The molecule has 2 aliphatic rings. The van der Waals surface area contributed by atoms with Crippen LogP contribution < -0.4 is 14.7 Å². The predicted octanol–water partition coefficient (Wildman–Crippen LogP) is 5.27. The minimum absolute atomic E-state index is 0.308. The number of nitrogens with zero attached hydrogens (tertiary/aromatic N) is 2. The minimum atomic E-state index is -0.956. The maximum atomic E-state index is 13.8. The van der Waals surface area contributed by atoms with Gasteiger partial charge in [-0.3, -0.25) is 14.4 Å². The molecule has 0 unspecified atom stereocenters. The predicted molar refractivity (Wildman–Crippen MR) is 142 cm³/mol. The van der Waals surface area contributed by atoms with Gasteiger partial charge in [-0.25, -0.2) is 14.8 Å². The molecule has 2 fully saturated rings. The lowest BCUT2D eigenvalue weighted by atomic mass is 9.90. The van der Waals surface area contributed by atoms with Gasteiger partial charge >= 0.3 is 5.97 Å². The van der Waals surface area contributed by atoms with Gasteiger partial charge in [-0.15, -0.1) is 0 Å². The van der Waals surface area contributed by atoms with Gasteiger partial charge in [0.15, 0.2) is 6.10 Å². The highest BCUT2D eigenvalue weighted by Gasteiger charge is 2.60. The summed E-state index contributed by atoms with van der Waals surface area (Å²) >= 11 is 0. The fraction of sp³-hybridized carbons (Fsp3) is 0.129. The highest BCUT2D eigenvalue weighted by molar-refractivity contribution is 6.24. The second-order valence-corrected chi connectivity index (χ2v) is 9.28. The van der Waals surface area contributed by atoms with E-state index in [1.54, 1.807) is 65.7 Å². The van der Waals surface area contributed by atoms with Crippen LogP contribution in [0.1, 0.15) is 27.5 Å². The van der Waals surface area contributed by atoms with Crippen molar-refractivity contribution in [1.82, 2.24) is 0 Å². The first kappa shape index (κ1) is 23.6. The van der Waals surface area contributed by atoms with Crippen molar-refractivity contribution < 1.29 is 24.0 Å². The summed E-state index contributed by atoms with van der Waals surface area (Å²) in [4.78, 5) is 47.2. The summed E-state index contributed by atoms with van der Waals surface area (Å²) in [5, 5.41) is 1.64. The molecule has 2 saturated heterocycles. The summed E-state index contributed by atoms with van der Waals surface area (Å²) in [5.74, 6) is -1.53. The normalized spacial score (nSPS) is 20.5. The second-order valence-electron chi connectivity index (χ2n) is 9.28. The van der Waals surface area contributed by atoms with E-state index in [-0.39, 0.29) is 11.8 Å². The molecule has 6 rings (SSSR count). The number of carbonyl (C=O) groups is 3. The summed E-state index contributed by atoms with van der Waals surface area (Å²) in [6.45, 7) is 1.87. The third-order valence-corrected chi connectivity index (χ3v) is 6.92. The number of anilines is 2. The van der Waals surface area contributed by atoms with E-state index in [0.29, 0.717) is 17.0 Å². The van der Waals surface area contributed by atoms with Gasteiger partial charge in [0.1, 0.15) is 11.7 Å². The van der Waals surface area contributed by atoms with Crippen LogP contribution in [0.2, 0.25) is 0 Å². The summed E-state index contributed by atoms with van der Waals surface area (Å²) in [5.41, 5.74) is 3.33. The molecule has 7 nitrogen and oxygen atoms in total. The Labute approximate surface area is 219 Å². The first-order valence-corrected chi connectivity index (χ1v) is 12.3. The van der Waals surface area contributed by atoms with Crippen molar-refractivity contribution in [2.75, 3.05) is 9.96 Å². The van der Waals surface area contributed by atoms with Gasteiger partial charge in [0.2, 0.25) is 5.91 Å². The number of benzene rings is 4. The van der Waals surface area contributed by atoms with Crippen LogP contribution in [0.5, 0.6) is 5.75 Å². The smallest absolute Gasteiger partial charge is 0.343 e. The van der Waals surface area contributed by atoms with Crippen LogP contribution in [0.4, 0.5) is 11.4 Å². The van der Waals surface area contributed by atoms with Gasteiger partial charge in [-0.2, -0.15) is 0 Å². The van der Waals surface area contributed by atoms with Crippen molar-refractivity contribution in [3.05, 3.63) is 126 Å². The van der Waals surface area contributed by atoms with Gasteiger partial charge in [0.05, 0.1) is 23.0 Å². The van der Waals surface area contributed by atoms with E-state index in [4.69, 9.17) is 9.57 Å². The number of hydrogen-bond donors (Lipinski definition) is 0. The van der Waals surface area contributed by atoms with E-state index in [1.807, 2.05) is 55.5 Å². The third kappa shape index (κ3) is 4.03. The number of hydrogen-bond acceptors (Lipinski definition) is 6. The van der Waals surface area contributed by atoms with E-state index in [1.165, 1.54) is 4.90 Å². The molecule has 3 atom stereocenters. The number of imide groups is 1.